The Morgan fingerprint density at radius 2 is 0.581 bits per heavy atom. The molecule has 3 aromatic carbocycles. The minimum Gasteiger partial charge on any atom is -0.383 e. The summed E-state index contributed by atoms with van der Waals surface area (Å²) in [5, 5.41) is 35.8. The highest BCUT2D eigenvalue weighted by atomic mass is 16.5. The summed E-state index contributed by atoms with van der Waals surface area (Å²) >= 11 is 0. The Morgan fingerprint density at radius 1 is 0.331 bits per heavy atom. The Bertz CT molecular complexity index is 5470. The van der Waals surface area contributed by atoms with E-state index in [0.717, 1.165) is 259 Å². The topological polar surface area (TPSA) is 464 Å². The molecule has 10 saturated carbocycles. The van der Waals surface area contributed by atoms with Crippen molar-refractivity contribution in [3.05, 3.63) is 195 Å². The molecule has 804 valence electrons. The Kier molecular flexibility index (Phi) is 42.5. The fraction of sp³-hybridized carbons (Fsp3) is 0.623. The highest BCUT2D eigenvalue weighted by molar-refractivity contribution is 5.95. The molecule has 2 atom stereocenters. The SMILES string of the molecule is CCCC(=O)NC1CCC(N(CC(C)C)C(=O)c2cc(C3CC3)on2)CC1.CCCC(=O)NC1CCC(N(CCOC)C(=O)c2cc(C3CC3)on2)CC1.C[C@@H](N)CC(=O)NC1CCC(N(CCc2ccccc2)C(=O)c2cc(C3CC3)on2)CC1.C[C@@H](N)CC(=O)NC1CCC(N(Cc2ccccc2)C(=O)c2cc(C3CC3)on2)CC1.NCCC(=O)NC1CCC(N(CCc2ccccc2)C(=O)c2cc(C3CC3)on2)CC1. The van der Waals surface area contributed by atoms with Gasteiger partial charge in [-0.1, -0.05) is 144 Å². The zero-order valence-corrected chi connectivity index (χ0v) is 88.2. The van der Waals surface area contributed by atoms with E-state index in [1.165, 1.54) is 11.1 Å². The first-order chi connectivity index (χ1) is 71.7. The number of hydrogen-bond donors (Lipinski definition) is 8. The molecule has 0 spiro atoms. The molecular formula is C114H162N18O16. The number of carbonyl (C=O) groups is 10. The van der Waals surface area contributed by atoms with Gasteiger partial charge in [-0.3, -0.25) is 47.9 Å². The Balaban J connectivity index is 0.000000146. The number of methoxy groups -OCH3 is 1. The van der Waals surface area contributed by atoms with Crippen molar-refractivity contribution in [3.63, 3.8) is 0 Å². The summed E-state index contributed by atoms with van der Waals surface area (Å²) in [5.41, 5.74) is 22.5. The molecule has 148 heavy (non-hydrogen) atoms. The summed E-state index contributed by atoms with van der Waals surface area (Å²) in [6, 6.07) is 41.0. The molecule has 0 radical (unpaired) electrons. The lowest BCUT2D eigenvalue weighted by Gasteiger charge is -2.37. The van der Waals surface area contributed by atoms with Crippen molar-refractivity contribution in [1.29, 1.82) is 0 Å². The van der Waals surface area contributed by atoms with Crippen molar-refractivity contribution in [1.82, 2.24) is 76.9 Å². The number of benzene rings is 3. The van der Waals surface area contributed by atoms with Crippen molar-refractivity contribution in [2.24, 2.45) is 23.1 Å². The van der Waals surface area contributed by atoms with E-state index < -0.39 is 0 Å². The first kappa shape index (κ1) is 112. The molecule has 10 fully saturated rings. The van der Waals surface area contributed by atoms with Crippen LogP contribution in [-0.4, -0.2) is 228 Å². The van der Waals surface area contributed by atoms with Gasteiger partial charge in [0.15, 0.2) is 28.5 Å². The van der Waals surface area contributed by atoms with E-state index in [-0.39, 0.29) is 132 Å². The number of aromatic nitrogens is 5. The third kappa shape index (κ3) is 34.9. The van der Waals surface area contributed by atoms with Crippen molar-refractivity contribution in [2.75, 3.05) is 46.4 Å². The minimum atomic E-state index is -0.140. The first-order valence-corrected chi connectivity index (χ1v) is 55.4. The van der Waals surface area contributed by atoms with Crippen molar-refractivity contribution in [2.45, 2.75) is 401 Å². The molecule has 18 rings (SSSR count). The molecule has 10 aliphatic carbocycles. The summed E-state index contributed by atoms with van der Waals surface area (Å²) < 4.78 is 32.3. The van der Waals surface area contributed by atoms with Gasteiger partial charge in [0.1, 0.15) is 28.8 Å². The van der Waals surface area contributed by atoms with Gasteiger partial charge in [0, 0.05) is 211 Å². The highest BCUT2D eigenvalue weighted by Crippen LogP contribution is 2.45. The van der Waals surface area contributed by atoms with Crippen LogP contribution in [0.2, 0.25) is 0 Å². The van der Waals surface area contributed by atoms with Gasteiger partial charge in [-0.25, -0.2) is 0 Å². The quantitative estimate of drug-likeness (QED) is 0.0176. The van der Waals surface area contributed by atoms with Crippen LogP contribution in [0.15, 0.2) is 144 Å². The van der Waals surface area contributed by atoms with E-state index >= 15 is 0 Å². The monoisotopic (exact) mass is 2040 g/mol. The Labute approximate surface area is 871 Å². The number of nitrogens with one attached hydrogen (secondary N) is 5. The molecule has 5 heterocycles. The van der Waals surface area contributed by atoms with Crippen LogP contribution >= 0.6 is 0 Å². The van der Waals surface area contributed by atoms with Crippen LogP contribution in [-0.2, 0) is 48.1 Å². The molecule has 5 aromatic heterocycles. The number of carbonyl (C=O) groups excluding carboxylic acids is 10. The average Bonchev–Trinajstić information content (AvgIpc) is 1.69. The number of nitrogens with two attached hydrogens (primary N) is 3. The summed E-state index contributed by atoms with van der Waals surface area (Å²) in [6.45, 7) is 15.9. The van der Waals surface area contributed by atoms with E-state index in [2.05, 4.69) is 90.5 Å². The van der Waals surface area contributed by atoms with E-state index in [1.807, 2.05) is 143 Å². The molecule has 8 aromatic rings. The lowest BCUT2D eigenvalue weighted by molar-refractivity contribution is -0.123. The van der Waals surface area contributed by atoms with Crippen molar-refractivity contribution >= 4 is 59.1 Å². The van der Waals surface area contributed by atoms with E-state index in [0.29, 0.717) is 135 Å². The fourth-order valence-corrected chi connectivity index (χ4v) is 21.1. The molecule has 10 aliphatic rings. The van der Waals surface area contributed by atoms with E-state index in [4.69, 9.17) is 44.6 Å². The maximum Gasteiger partial charge on any atom is 0.276 e. The number of hydrogen-bond acceptors (Lipinski definition) is 24. The largest absolute Gasteiger partial charge is 0.383 e. The zero-order valence-electron chi connectivity index (χ0n) is 88.2. The molecule has 0 bridgehead atoms. The lowest BCUT2D eigenvalue weighted by Crippen LogP contribution is -2.47. The normalized spacial score (nSPS) is 21.9. The number of rotatable bonds is 43. The fourth-order valence-electron chi connectivity index (χ4n) is 21.1. The molecule has 10 amide bonds. The summed E-state index contributed by atoms with van der Waals surface area (Å²) in [6.07, 6.45) is 34.2. The van der Waals surface area contributed by atoms with Gasteiger partial charge in [-0.2, -0.15) is 0 Å². The predicted molar refractivity (Wildman–Crippen MR) is 561 cm³/mol. The van der Waals surface area contributed by atoms with E-state index in [9.17, 15) is 47.9 Å². The van der Waals surface area contributed by atoms with Crippen molar-refractivity contribution < 1.29 is 75.3 Å². The summed E-state index contributed by atoms with van der Waals surface area (Å²) in [5.74, 6) is 6.75. The average molecular weight is 2040 g/mol. The van der Waals surface area contributed by atoms with Gasteiger partial charge in [0.05, 0.1) is 6.61 Å². The number of nitrogens with zero attached hydrogens (tertiary/aromatic N) is 10. The van der Waals surface area contributed by atoms with Crippen LogP contribution in [0.25, 0.3) is 0 Å². The molecule has 0 aliphatic heterocycles. The molecule has 34 heteroatoms. The first-order valence-electron chi connectivity index (χ1n) is 55.4. The second kappa shape index (κ2) is 56.2. The number of amides is 10. The van der Waals surface area contributed by atoms with Gasteiger partial charge in [-0.05, 0) is 255 Å². The molecule has 0 saturated heterocycles. The second-order valence-electron chi connectivity index (χ2n) is 43.4. The maximum absolute atomic E-state index is 13.4. The Morgan fingerprint density at radius 3 is 0.845 bits per heavy atom. The van der Waals surface area contributed by atoms with Crippen LogP contribution in [0.3, 0.4) is 0 Å². The van der Waals surface area contributed by atoms with Crippen LogP contribution in [0.5, 0.6) is 0 Å². The molecule has 34 nitrogen and oxygen atoms in total. The van der Waals surface area contributed by atoms with Crippen LogP contribution < -0.4 is 43.8 Å². The Hall–Kier alpha value is -11.8. The van der Waals surface area contributed by atoms with Gasteiger partial charge >= 0.3 is 0 Å². The predicted octanol–water partition coefficient (Wildman–Crippen LogP) is 16.5. The third-order valence-corrected chi connectivity index (χ3v) is 30.1. The smallest absolute Gasteiger partial charge is 0.276 e. The van der Waals surface area contributed by atoms with Crippen molar-refractivity contribution in [3.8, 4) is 0 Å². The van der Waals surface area contributed by atoms with E-state index in [1.54, 1.807) is 13.2 Å². The zero-order chi connectivity index (χ0) is 105. The lowest BCUT2D eigenvalue weighted by atomic mass is 9.89. The molecule has 11 N–H and O–H groups in total. The van der Waals surface area contributed by atoms with Gasteiger partial charge in [-0.15, -0.1) is 0 Å². The molecular weight excluding hydrogens is 1880 g/mol. The van der Waals surface area contributed by atoms with Crippen LogP contribution in [0.1, 0.15) is 407 Å². The minimum absolute atomic E-state index is 0.00544. The van der Waals surface area contributed by atoms with Crippen LogP contribution in [0.4, 0.5) is 0 Å². The summed E-state index contributed by atoms with van der Waals surface area (Å²) in [7, 11) is 1.64. The maximum atomic E-state index is 13.4. The number of ether oxygens (including phenoxy) is 1. The second-order valence-corrected chi connectivity index (χ2v) is 43.4. The third-order valence-electron chi connectivity index (χ3n) is 30.1. The van der Waals surface area contributed by atoms with Gasteiger partial charge in [0.2, 0.25) is 29.5 Å². The summed E-state index contributed by atoms with van der Waals surface area (Å²) in [4.78, 5) is 136. The van der Waals surface area contributed by atoms with Gasteiger partial charge in [0.25, 0.3) is 29.5 Å². The highest BCUT2D eigenvalue weighted by Gasteiger charge is 2.42. The van der Waals surface area contributed by atoms with Crippen LogP contribution in [0, 0.1) is 5.92 Å². The molecule has 0 unspecified atom stereocenters. The standard InChI is InChI=1S/C25H34N4O3.2C24H32N4O3.C21H33N3O3.C20H31N3O4/c1-17(26)15-24(30)27-20-9-11-21(12-10-20)29(14-13-18-5-3-2-4-6-18)25(31)22-16-23(32-28-22)19-7-8-19;1-16(25)13-23(29)26-19-9-11-20(12-10-19)28(15-17-5-3-2-4-6-17)24(30)21-14-22(31-27-21)18-7-8-18;25-14-12-23(29)26-19-8-10-20(11-9-19)28(15-13-17-4-2-1-3-5-17)24(30)21-16-22(31-27-21)18-6-7-18;1-4-5-20(25)22-16-8-10-17(11-9-16)24(13-14(2)3)21(26)18-12-19(27-23-18)15-6-7-15;1-3-4-19(24)21-15-7-9-16(10-8-15)23(11-12-26-2)20(25)17-13-18(27-22-17)14-5-6-14/h2-6,16-17,19-21H,7-15,26H2,1H3,(H,27,30);2-6,14,16,18-20H,7-13,15,25H2,1H3,(H,26,29);1-5,16,18-20H,6-15,25H2,(H,26,29);12,14-17H,4-11,13H2,1-3H3,(H,22,25);13-16H,3-12H2,1-2H3,(H,21,24)/t17-,20?,21?;16-,19?,20?;;;/m11.../s1. The van der Waals surface area contributed by atoms with Gasteiger partial charge < -0.3 is 95.6 Å².